The Morgan fingerprint density at radius 2 is 2.20 bits per heavy atom. The second-order valence-electron chi connectivity index (χ2n) is 4.01. The molecule has 4 nitrogen and oxygen atoms in total. The van der Waals surface area contributed by atoms with Gasteiger partial charge in [0.1, 0.15) is 5.54 Å². The first kappa shape index (κ1) is 9.53. The summed E-state index contributed by atoms with van der Waals surface area (Å²) in [5, 5.41) is 14.2. The predicted octanol–water partition coefficient (Wildman–Crippen LogP) is 1.88. The predicted molar refractivity (Wildman–Crippen MR) is 59.1 cm³/mol. The number of nitrogens with zero attached hydrogens (tertiary/aromatic N) is 3. The molecule has 0 aliphatic rings. The molecule has 4 heteroatoms. The first-order valence-electron chi connectivity index (χ1n) is 4.70. The van der Waals surface area contributed by atoms with E-state index in [-0.39, 0.29) is 0 Å². The van der Waals surface area contributed by atoms with Crippen molar-refractivity contribution < 1.29 is 0 Å². The SMILES string of the molecule is CC(C)(C#N)n1ncc2c(N)cccc21. The Balaban J connectivity index is 2.76. The molecule has 0 saturated heterocycles. The lowest BCUT2D eigenvalue weighted by atomic mass is 10.1. The van der Waals surface area contributed by atoms with Crippen LogP contribution in [-0.2, 0) is 5.54 Å². The number of hydrogen-bond donors (Lipinski definition) is 1. The highest BCUT2D eigenvalue weighted by Gasteiger charge is 2.22. The standard InChI is InChI=1S/C11H12N4/c1-11(2,7-12)15-10-5-3-4-9(13)8(10)6-14-15/h3-6H,13H2,1-2H3. The number of nitrogen functional groups attached to an aromatic ring is 1. The van der Waals surface area contributed by atoms with Gasteiger partial charge in [0.25, 0.3) is 0 Å². The zero-order valence-corrected chi connectivity index (χ0v) is 8.73. The molecule has 0 aliphatic carbocycles. The summed E-state index contributed by atoms with van der Waals surface area (Å²) in [6, 6.07) is 7.82. The summed E-state index contributed by atoms with van der Waals surface area (Å²) < 4.78 is 1.69. The molecule has 1 aromatic carbocycles. The maximum Gasteiger partial charge on any atom is 0.143 e. The summed E-state index contributed by atoms with van der Waals surface area (Å²) in [4.78, 5) is 0. The van der Waals surface area contributed by atoms with Gasteiger partial charge in [0.15, 0.2) is 0 Å². The number of fused-ring (bicyclic) bond motifs is 1. The molecule has 1 heterocycles. The summed E-state index contributed by atoms with van der Waals surface area (Å²) in [7, 11) is 0. The van der Waals surface area contributed by atoms with E-state index < -0.39 is 5.54 Å². The highest BCUT2D eigenvalue weighted by atomic mass is 15.3. The van der Waals surface area contributed by atoms with Crippen LogP contribution in [0.4, 0.5) is 5.69 Å². The Bertz CT molecular complexity index is 545. The van der Waals surface area contributed by atoms with Gasteiger partial charge in [-0.15, -0.1) is 0 Å². The first-order chi connectivity index (χ1) is 7.06. The van der Waals surface area contributed by atoms with E-state index in [4.69, 9.17) is 11.0 Å². The molecule has 0 spiro atoms. The van der Waals surface area contributed by atoms with Gasteiger partial charge in [-0.05, 0) is 26.0 Å². The van der Waals surface area contributed by atoms with E-state index in [0.29, 0.717) is 5.69 Å². The normalized spacial score (nSPS) is 11.5. The topological polar surface area (TPSA) is 67.6 Å². The lowest BCUT2D eigenvalue weighted by molar-refractivity contribution is 0.433. The smallest absolute Gasteiger partial charge is 0.143 e. The zero-order valence-electron chi connectivity index (χ0n) is 8.73. The molecule has 0 aliphatic heterocycles. The van der Waals surface area contributed by atoms with Crippen molar-refractivity contribution in [3.05, 3.63) is 24.4 Å². The number of nitriles is 1. The van der Waals surface area contributed by atoms with E-state index in [1.165, 1.54) is 0 Å². The summed E-state index contributed by atoms with van der Waals surface area (Å²) in [5.74, 6) is 0. The number of benzene rings is 1. The zero-order chi connectivity index (χ0) is 11.1. The van der Waals surface area contributed by atoms with Gasteiger partial charge >= 0.3 is 0 Å². The summed E-state index contributed by atoms with van der Waals surface area (Å²) in [6.07, 6.45) is 1.70. The third-order valence-corrected chi connectivity index (χ3v) is 2.45. The Hall–Kier alpha value is -2.02. The van der Waals surface area contributed by atoms with Crippen LogP contribution in [0, 0.1) is 11.3 Å². The molecule has 0 amide bonds. The van der Waals surface area contributed by atoms with Crippen LogP contribution in [0.15, 0.2) is 24.4 Å². The number of rotatable bonds is 1. The minimum absolute atomic E-state index is 0.657. The Kier molecular flexibility index (Phi) is 1.90. The van der Waals surface area contributed by atoms with Crippen LogP contribution < -0.4 is 5.73 Å². The Morgan fingerprint density at radius 3 is 2.87 bits per heavy atom. The molecule has 0 unspecified atom stereocenters. The molecule has 0 bridgehead atoms. The number of aromatic nitrogens is 2. The molecule has 15 heavy (non-hydrogen) atoms. The minimum atomic E-state index is -0.657. The van der Waals surface area contributed by atoms with E-state index >= 15 is 0 Å². The molecule has 2 rings (SSSR count). The average molecular weight is 200 g/mol. The van der Waals surface area contributed by atoms with Crippen LogP contribution in [0.3, 0.4) is 0 Å². The highest BCUT2D eigenvalue weighted by molar-refractivity contribution is 5.90. The molecule has 0 saturated carbocycles. The van der Waals surface area contributed by atoms with Gasteiger partial charge in [0.2, 0.25) is 0 Å². The molecule has 1 aromatic heterocycles. The Labute approximate surface area is 87.9 Å². The third-order valence-electron chi connectivity index (χ3n) is 2.45. The average Bonchev–Trinajstić information content (AvgIpc) is 2.63. The van der Waals surface area contributed by atoms with E-state index in [2.05, 4.69) is 11.2 Å². The van der Waals surface area contributed by atoms with Crippen LogP contribution in [0.5, 0.6) is 0 Å². The van der Waals surface area contributed by atoms with Crippen molar-refractivity contribution in [3.63, 3.8) is 0 Å². The molecule has 0 atom stereocenters. The van der Waals surface area contributed by atoms with Gasteiger partial charge in [0.05, 0.1) is 17.8 Å². The van der Waals surface area contributed by atoms with Crippen molar-refractivity contribution in [2.75, 3.05) is 5.73 Å². The van der Waals surface area contributed by atoms with Crippen LogP contribution >= 0.6 is 0 Å². The maximum absolute atomic E-state index is 9.05. The van der Waals surface area contributed by atoms with Crippen molar-refractivity contribution in [1.29, 1.82) is 5.26 Å². The number of hydrogen-bond acceptors (Lipinski definition) is 3. The molecule has 76 valence electrons. The Morgan fingerprint density at radius 1 is 1.47 bits per heavy atom. The fourth-order valence-electron chi connectivity index (χ4n) is 1.57. The van der Waals surface area contributed by atoms with E-state index in [0.717, 1.165) is 10.9 Å². The van der Waals surface area contributed by atoms with E-state index in [1.807, 2.05) is 32.0 Å². The van der Waals surface area contributed by atoms with Gasteiger partial charge < -0.3 is 5.73 Å². The van der Waals surface area contributed by atoms with Gasteiger partial charge in [-0.25, -0.2) is 4.68 Å². The van der Waals surface area contributed by atoms with Crippen LogP contribution in [0.25, 0.3) is 10.9 Å². The molecule has 2 aromatic rings. The minimum Gasteiger partial charge on any atom is -0.398 e. The molecule has 0 fully saturated rings. The monoisotopic (exact) mass is 200 g/mol. The second-order valence-corrected chi connectivity index (χ2v) is 4.01. The largest absolute Gasteiger partial charge is 0.398 e. The summed E-state index contributed by atoms with van der Waals surface area (Å²) in [5.41, 5.74) is 6.74. The van der Waals surface area contributed by atoms with Gasteiger partial charge in [-0.1, -0.05) is 6.07 Å². The summed E-state index contributed by atoms with van der Waals surface area (Å²) in [6.45, 7) is 3.64. The molecule has 2 N–H and O–H groups in total. The lowest BCUT2D eigenvalue weighted by Crippen LogP contribution is -2.24. The van der Waals surface area contributed by atoms with Crippen molar-refractivity contribution in [2.24, 2.45) is 0 Å². The maximum atomic E-state index is 9.05. The third kappa shape index (κ3) is 1.33. The number of nitrogens with two attached hydrogens (primary N) is 1. The van der Waals surface area contributed by atoms with Crippen LogP contribution in [-0.4, -0.2) is 9.78 Å². The molecular formula is C11H12N4. The van der Waals surface area contributed by atoms with Crippen LogP contribution in [0.1, 0.15) is 13.8 Å². The van der Waals surface area contributed by atoms with Crippen molar-refractivity contribution >= 4 is 16.6 Å². The van der Waals surface area contributed by atoms with Crippen molar-refractivity contribution in [3.8, 4) is 6.07 Å². The van der Waals surface area contributed by atoms with Crippen molar-refractivity contribution in [1.82, 2.24) is 9.78 Å². The lowest BCUT2D eigenvalue weighted by Gasteiger charge is -2.17. The van der Waals surface area contributed by atoms with Gasteiger partial charge in [-0.2, -0.15) is 10.4 Å². The van der Waals surface area contributed by atoms with Crippen molar-refractivity contribution in [2.45, 2.75) is 19.4 Å². The molecule has 0 radical (unpaired) electrons. The fourth-order valence-corrected chi connectivity index (χ4v) is 1.57. The van der Waals surface area contributed by atoms with E-state index in [1.54, 1.807) is 10.9 Å². The van der Waals surface area contributed by atoms with Gasteiger partial charge in [-0.3, -0.25) is 0 Å². The summed E-state index contributed by atoms with van der Waals surface area (Å²) >= 11 is 0. The number of anilines is 1. The second kappa shape index (κ2) is 2.99. The van der Waals surface area contributed by atoms with Gasteiger partial charge in [0, 0.05) is 11.1 Å². The first-order valence-corrected chi connectivity index (χ1v) is 4.70. The fraction of sp³-hybridized carbons (Fsp3) is 0.273. The molecular weight excluding hydrogens is 188 g/mol. The van der Waals surface area contributed by atoms with E-state index in [9.17, 15) is 0 Å². The van der Waals surface area contributed by atoms with Crippen LogP contribution in [0.2, 0.25) is 0 Å². The quantitative estimate of drug-likeness (QED) is 0.714. The highest BCUT2D eigenvalue weighted by Crippen LogP contribution is 2.25.